The number of aromatic carboxylic acids is 1. The maximum atomic E-state index is 11.6. The second kappa shape index (κ2) is 7.63. The highest BCUT2D eigenvalue weighted by Crippen LogP contribution is 2.40. The molecule has 1 aliphatic carbocycles. The number of aliphatic hydroxyl groups is 1. The molecule has 2 aromatic heterocycles. The van der Waals surface area contributed by atoms with Gasteiger partial charge in [0.2, 0.25) is 0 Å². The predicted octanol–water partition coefficient (Wildman–Crippen LogP) is 2.75. The van der Waals surface area contributed by atoms with Gasteiger partial charge in [0, 0.05) is 24.5 Å². The van der Waals surface area contributed by atoms with E-state index < -0.39 is 12.1 Å². The molecule has 3 heterocycles. The molecule has 2 N–H and O–H groups in total. The minimum absolute atomic E-state index is 0.226. The van der Waals surface area contributed by atoms with Crippen LogP contribution < -0.4 is 9.64 Å². The number of rotatable bonds is 4. The Hall–Kier alpha value is -2.67. The molecule has 0 bridgehead atoms. The number of anilines is 1. The van der Waals surface area contributed by atoms with Crippen LogP contribution in [0.3, 0.4) is 0 Å². The second-order valence-electron chi connectivity index (χ2n) is 8.29. The summed E-state index contributed by atoms with van der Waals surface area (Å²) in [6.45, 7) is 7.14. The zero-order valence-corrected chi connectivity index (χ0v) is 17.0. The van der Waals surface area contributed by atoms with Crippen LogP contribution in [0.1, 0.15) is 40.3 Å². The normalized spacial score (nSPS) is 26.3. The summed E-state index contributed by atoms with van der Waals surface area (Å²) < 4.78 is 6.14. The van der Waals surface area contributed by atoms with Crippen molar-refractivity contribution in [3.63, 3.8) is 0 Å². The molecular formula is C22H27N3O4. The summed E-state index contributed by atoms with van der Waals surface area (Å²) in [5, 5.41) is 20.2. The number of fused-ring (bicyclic) bond motifs is 1. The minimum Gasteiger partial charge on any atom is -0.486 e. The van der Waals surface area contributed by atoms with E-state index in [-0.39, 0.29) is 11.7 Å². The van der Waals surface area contributed by atoms with Crippen LogP contribution in [-0.2, 0) is 0 Å². The average molecular weight is 397 g/mol. The molecule has 2 aromatic rings. The topological polar surface area (TPSA) is 95.8 Å². The fraction of sp³-hybridized carbons (Fsp3) is 0.500. The molecule has 2 fully saturated rings. The lowest BCUT2D eigenvalue weighted by atomic mass is 9.78. The van der Waals surface area contributed by atoms with Gasteiger partial charge in [0.05, 0.1) is 11.8 Å². The summed E-state index contributed by atoms with van der Waals surface area (Å²) in [5.74, 6) is 0.891. The van der Waals surface area contributed by atoms with Crippen LogP contribution in [0.2, 0.25) is 0 Å². The molecule has 0 radical (unpaired) electrons. The molecule has 1 saturated carbocycles. The molecule has 0 unspecified atom stereocenters. The zero-order chi connectivity index (χ0) is 20.7. The molecule has 1 aliphatic heterocycles. The number of nitrogens with zero attached hydrogens (tertiary/aromatic N) is 3. The Bertz CT molecular complexity index is 932. The Labute approximate surface area is 170 Å². The van der Waals surface area contributed by atoms with Gasteiger partial charge < -0.3 is 19.8 Å². The van der Waals surface area contributed by atoms with Crippen LogP contribution in [0.15, 0.2) is 24.3 Å². The quantitative estimate of drug-likeness (QED) is 0.819. The standard InChI is InChI=1S/C22H27N3O4/c1-12-5-7-19(14(3)23-12)29-20-9-16-11-25(10-15(16)8-18(20)26)21-17(22(27)28)6-4-13(2)24-21/h4-7,15-16,18,20,26H,8-11H2,1-3H3,(H,27,28)/t15-,16+,18+,20+/m0/s1. The number of aliphatic hydroxyl groups excluding tert-OH is 1. The van der Waals surface area contributed by atoms with Crippen molar-refractivity contribution in [1.29, 1.82) is 0 Å². The first-order chi connectivity index (χ1) is 13.8. The first kappa shape index (κ1) is 19.6. The van der Waals surface area contributed by atoms with Gasteiger partial charge in [-0.2, -0.15) is 0 Å². The summed E-state index contributed by atoms with van der Waals surface area (Å²) in [4.78, 5) is 22.6. The van der Waals surface area contributed by atoms with Crippen molar-refractivity contribution in [1.82, 2.24) is 9.97 Å². The van der Waals surface area contributed by atoms with E-state index in [1.807, 2.05) is 32.9 Å². The van der Waals surface area contributed by atoms with Crippen molar-refractivity contribution >= 4 is 11.8 Å². The Balaban J connectivity index is 1.51. The Morgan fingerprint density at radius 3 is 2.38 bits per heavy atom. The number of ether oxygens (including phenoxy) is 1. The molecule has 7 heteroatoms. The third kappa shape index (κ3) is 3.92. The van der Waals surface area contributed by atoms with Gasteiger partial charge in [-0.3, -0.25) is 4.98 Å². The molecule has 1 saturated heterocycles. The molecule has 29 heavy (non-hydrogen) atoms. The highest BCUT2D eigenvalue weighted by molar-refractivity contribution is 5.93. The van der Waals surface area contributed by atoms with E-state index in [1.54, 1.807) is 12.1 Å². The summed E-state index contributed by atoms with van der Waals surface area (Å²) >= 11 is 0. The molecule has 154 valence electrons. The number of carboxylic acid groups (broad SMARTS) is 1. The third-order valence-electron chi connectivity index (χ3n) is 6.08. The van der Waals surface area contributed by atoms with Crippen LogP contribution in [0.25, 0.3) is 0 Å². The number of carbonyl (C=O) groups is 1. The Morgan fingerprint density at radius 1 is 1.03 bits per heavy atom. The van der Waals surface area contributed by atoms with E-state index in [0.29, 0.717) is 36.4 Å². The van der Waals surface area contributed by atoms with E-state index in [2.05, 4.69) is 14.9 Å². The third-order valence-corrected chi connectivity index (χ3v) is 6.08. The fourth-order valence-electron chi connectivity index (χ4n) is 4.60. The van der Waals surface area contributed by atoms with Crippen LogP contribution >= 0.6 is 0 Å². The Morgan fingerprint density at radius 2 is 1.69 bits per heavy atom. The van der Waals surface area contributed by atoms with Crippen LogP contribution in [0.4, 0.5) is 5.82 Å². The summed E-state index contributed by atoms with van der Waals surface area (Å²) in [6, 6.07) is 7.17. The molecule has 0 spiro atoms. The SMILES string of the molecule is Cc1ccc(O[C@@H]2C[C@@H]3CN(c4nc(C)ccc4C(=O)O)C[C@@H]3C[C@H]2O)c(C)n1. The molecule has 0 aromatic carbocycles. The fourth-order valence-corrected chi connectivity index (χ4v) is 4.60. The number of aryl methyl sites for hydroxylation is 3. The van der Waals surface area contributed by atoms with E-state index >= 15 is 0 Å². The van der Waals surface area contributed by atoms with E-state index in [9.17, 15) is 15.0 Å². The van der Waals surface area contributed by atoms with Crippen molar-refractivity contribution in [3.8, 4) is 5.75 Å². The first-order valence-electron chi connectivity index (χ1n) is 10.1. The molecule has 4 atom stereocenters. The summed E-state index contributed by atoms with van der Waals surface area (Å²) in [5.41, 5.74) is 2.78. The predicted molar refractivity (Wildman–Crippen MR) is 108 cm³/mol. The van der Waals surface area contributed by atoms with Crippen molar-refractivity contribution in [2.45, 2.75) is 45.8 Å². The lowest BCUT2D eigenvalue weighted by Crippen LogP contribution is -2.42. The highest BCUT2D eigenvalue weighted by atomic mass is 16.5. The van der Waals surface area contributed by atoms with Crippen LogP contribution in [0, 0.1) is 32.6 Å². The number of pyridine rings is 2. The average Bonchev–Trinajstić information content (AvgIpc) is 3.06. The van der Waals surface area contributed by atoms with E-state index in [1.165, 1.54) is 0 Å². The van der Waals surface area contributed by atoms with Crippen molar-refractivity contribution in [3.05, 3.63) is 46.9 Å². The minimum atomic E-state index is -0.967. The van der Waals surface area contributed by atoms with Crippen molar-refractivity contribution < 1.29 is 19.7 Å². The monoisotopic (exact) mass is 397 g/mol. The van der Waals surface area contributed by atoms with Gasteiger partial charge in [-0.15, -0.1) is 0 Å². The van der Waals surface area contributed by atoms with Gasteiger partial charge in [0.25, 0.3) is 0 Å². The first-order valence-corrected chi connectivity index (χ1v) is 10.1. The maximum absolute atomic E-state index is 11.6. The summed E-state index contributed by atoms with van der Waals surface area (Å²) in [6.07, 6.45) is 0.521. The van der Waals surface area contributed by atoms with E-state index in [4.69, 9.17) is 4.74 Å². The maximum Gasteiger partial charge on any atom is 0.339 e. The molecule has 4 rings (SSSR count). The number of hydrogen-bond acceptors (Lipinski definition) is 6. The molecular weight excluding hydrogens is 370 g/mol. The second-order valence-corrected chi connectivity index (χ2v) is 8.29. The molecule has 7 nitrogen and oxygen atoms in total. The van der Waals surface area contributed by atoms with Crippen LogP contribution in [0.5, 0.6) is 5.75 Å². The van der Waals surface area contributed by atoms with Gasteiger partial charge in [0.15, 0.2) is 0 Å². The largest absolute Gasteiger partial charge is 0.486 e. The van der Waals surface area contributed by atoms with Gasteiger partial charge >= 0.3 is 5.97 Å². The highest BCUT2D eigenvalue weighted by Gasteiger charge is 2.43. The number of aromatic nitrogens is 2. The van der Waals surface area contributed by atoms with Gasteiger partial charge in [-0.1, -0.05) is 0 Å². The van der Waals surface area contributed by atoms with Gasteiger partial charge in [0.1, 0.15) is 23.2 Å². The lowest BCUT2D eigenvalue weighted by molar-refractivity contribution is -0.0236. The van der Waals surface area contributed by atoms with Crippen molar-refractivity contribution in [2.24, 2.45) is 11.8 Å². The smallest absolute Gasteiger partial charge is 0.339 e. The van der Waals surface area contributed by atoms with Crippen LogP contribution in [-0.4, -0.2) is 51.4 Å². The van der Waals surface area contributed by atoms with Gasteiger partial charge in [-0.05, 0) is 69.7 Å². The number of hydrogen-bond donors (Lipinski definition) is 2. The zero-order valence-electron chi connectivity index (χ0n) is 17.0. The van der Waals surface area contributed by atoms with Gasteiger partial charge in [-0.25, -0.2) is 9.78 Å². The lowest BCUT2D eigenvalue weighted by Gasteiger charge is -2.35. The Kier molecular flexibility index (Phi) is 5.17. The molecule has 0 amide bonds. The molecule has 2 aliphatic rings. The summed E-state index contributed by atoms with van der Waals surface area (Å²) in [7, 11) is 0. The van der Waals surface area contributed by atoms with Crippen molar-refractivity contribution in [2.75, 3.05) is 18.0 Å². The van der Waals surface area contributed by atoms with E-state index in [0.717, 1.165) is 30.0 Å². The number of carboxylic acids is 1.